The Morgan fingerprint density at radius 2 is 2.33 bits per heavy atom. The minimum atomic E-state index is -0.462. The lowest BCUT2D eigenvalue weighted by atomic mass is 10.2. The average molecular weight is 140 g/mol. The smallest absolute Gasteiger partial charge is 0.253 e. The van der Waals surface area contributed by atoms with E-state index in [9.17, 15) is 4.79 Å². The van der Waals surface area contributed by atoms with Crippen LogP contribution in [0.15, 0.2) is 24.3 Å². The number of carbonyl (C=O) groups is 1. The summed E-state index contributed by atoms with van der Waals surface area (Å²) in [5.41, 5.74) is 0.416. The first-order valence-electron chi connectivity index (χ1n) is 2.47. The van der Waals surface area contributed by atoms with Crippen LogP contribution in [0.5, 0.6) is 0 Å². The zero-order valence-electron chi connectivity index (χ0n) is 4.60. The minimum Gasteiger partial charge on any atom is -0.276 e. The fourth-order valence-corrected chi connectivity index (χ4v) is 0.633. The summed E-state index contributed by atoms with van der Waals surface area (Å²) in [6, 6.07) is 9.48. The molecular formula is C7H4ClO. The molecule has 0 aliphatic carbocycles. The lowest BCUT2D eigenvalue weighted by Gasteiger charge is -1.86. The number of carbonyl (C=O) groups excluding carboxylic acids is 1. The zero-order chi connectivity index (χ0) is 6.69. The lowest BCUT2D eigenvalue weighted by molar-refractivity contribution is 0.108. The van der Waals surface area contributed by atoms with Gasteiger partial charge in [0, 0.05) is 5.56 Å². The molecule has 1 aromatic rings. The molecule has 0 atom stereocenters. The maximum atomic E-state index is 10.4. The quantitative estimate of drug-likeness (QED) is 0.543. The van der Waals surface area contributed by atoms with E-state index < -0.39 is 5.24 Å². The molecule has 0 fully saturated rings. The van der Waals surface area contributed by atoms with Crippen molar-refractivity contribution in [3.05, 3.63) is 35.9 Å². The highest BCUT2D eigenvalue weighted by Crippen LogP contribution is 2.00. The molecular weight excluding hydrogens is 136 g/mol. The molecule has 0 aliphatic rings. The second-order valence-electron chi connectivity index (χ2n) is 1.55. The van der Waals surface area contributed by atoms with Gasteiger partial charge in [0.05, 0.1) is 0 Å². The van der Waals surface area contributed by atoms with Crippen molar-refractivity contribution in [1.29, 1.82) is 0 Å². The third kappa shape index (κ3) is 1.54. The van der Waals surface area contributed by atoms with Gasteiger partial charge in [0.25, 0.3) is 5.24 Å². The molecule has 1 radical (unpaired) electrons. The van der Waals surface area contributed by atoms with Gasteiger partial charge in [-0.3, -0.25) is 4.79 Å². The molecule has 9 heavy (non-hydrogen) atoms. The Balaban J connectivity index is 2.98. The van der Waals surface area contributed by atoms with E-state index in [2.05, 4.69) is 6.07 Å². The van der Waals surface area contributed by atoms with Crippen LogP contribution in [0.4, 0.5) is 0 Å². The molecule has 0 aromatic heterocycles. The van der Waals surface area contributed by atoms with Gasteiger partial charge in [0.1, 0.15) is 0 Å². The highest BCUT2D eigenvalue weighted by molar-refractivity contribution is 6.67. The molecule has 0 unspecified atom stereocenters. The van der Waals surface area contributed by atoms with Crippen LogP contribution in [0.1, 0.15) is 10.4 Å². The lowest BCUT2D eigenvalue weighted by Crippen LogP contribution is -1.85. The normalized spacial score (nSPS) is 9.00. The van der Waals surface area contributed by atoms with Crippen molar-refractivity contribution >= 4 is 16.8 Å². The molecule has 0 aliphatic heterocycles. The molecule has 45 valence electrons. The van der Waals surface area contributed by atoms with E-state index in [1.54, 1.807) is 24.3 Å². The van der Waals surface area contributed by atoms with Gasteiger partial charge in [-0.25, -0.2) is 0 Å². The van der Waals surface area contributed by atoms with Crippen molar-refractivity contribution in [3.63, 3.8) is 0 Å². The van der Waals surface area contributed by atoms with Crippen LogP contribution < -0.4 is 0 Å². The van der Waals surface area contributed by atoms with E-state index in [0.717, 1.165) is 0 Å². The second kappa shape index (κ2) is 2.65. The molecule has 1 aromatic carbocycles. The summed E-state index contributed by atoms with van der Waals surface area (Å²) >= 11 is 5.13. The number of halogens is 1. The largest absolute Gasteiger partial charge is 0.276 e. The summed E-state index contributed by atoms with van der Waals surface area (Å²) in [5, 5.41) is -0.462. The summed E-state index contributed by atoms with van der Waals surface area (Å²) in [6.45, 7) is 0. The predicted octanol–water partition coefficient (Wildman–Crippen LogP) is 1.87. The van der Waals surface area contributed by atoms with Crippen LogP contribution in [0, 0.1) is 6.07 Å². The predicted molar refractivity (Wildman–Crippen MR) is 35.5 cm³/mol. The fraction of sp³-hybridized carbons (Fsp3) is 0. The third-order valence-electron chi connectivity index (χ3n) is 0.921. The molecule has 0 amide bonds. The topological polar surface area (TPSA) is 17.1 Å². The van der Waals surface area contributed by atoms with Crippen LogP contribution in [0.25, 0.3) is 0 Å². The standard InChI is InChI=1S/C7H4ClO/c8-7(9)6-4-2-1-3-5-6/h1-4H. The van der Waals surface area contributed by atoms with Gasteiger partial charge >= 0.3 is 0 Å². The maximum Gasteiger partial charge on any atom is 0.253 e. The van der Waals surface area contributed by atoms with Gasteiger partial charge in [0.15, 0.2) is 0 Å². The van der Waals surface area contributed by atoms with Gasteiger partial charge < -0.3 is 0 Å². The summed E-state index contributed by atoms with van der Waals surface area (Å²) in [7, 11) is 0. The Hall–Kier alpha value is -0.820. The van der Waals surface area contributed by atoms with Crippen LogP contribution >= 0.6 is 11.6 Å². The molecule has 0 saturated heterocycles. The Morgan fingerprint density at radius 3 is 2.67 bits per heavy atom. The van der Waals surface area contributed by atoms with E-state index in [0.29, 0.717) is 5.56 Å². The maximum absolute atomic E-state index is 10.4. The van der Waals surface area contributed by atoms with Crippen LogP contribution in [-0.2, 0) is 0 Å². The number of rotatable bonds is 1. The zero-order valence-corrected chi connectivity index (χ0v) is 5.35. The van der Waals surface area contributed by atoms with Gasteiger partial charge in [-0.2, -0.15) is 0 Å². The summed E-state index contributed by atoms with van der Waals surface area (Å²) in [6.07, 6.45) is 0. The Morgan fingerprint density at radius 1 is 1.56 bits per heavy atom. The SMILES string of the molecule is O=C(Cl)c1[c]cccc1. The fourth-order valence-electron chi connectivity index (χ4n) is 0.516. The van der Waals surface area contributed by atoms with E-state index in [-0.39, 0.29) is 0 Å². The van der Waals surface area contributed by atoms with Gasteiger partial charge in [-0.05, 0) is 23.7 Å². The molecule has 1 rings (SSSR count). The Bertz CT molecular complexity index is 205. The molecule has 2 heteroatoms. The van der Waals surface area contributed by atoms with E-state index in [1.165, 1.54) is 0 Å². The second-order valence-corrected chi connectivity index (χ2v) is 1.89. The van der Waals surface area contributed by atoms with Crippen molar-refractivity contribution < 1.29 is 4.79 Å². The van der Waals surface area contributed by atoms with Crippen molar-refractivity contribution in [3.8, 4) is 0 Å². The van der Waals surface area contributed by atoms with Gasteiger partial charge in [-0.1, -0.05) is 18.2 Å². The van der Waals surface area contributed by atoms with Crippen molar-refractivity contribution in [2.24, 2.45) is 0 Å². The monoisotopic (exact) mass is 139 g/mol. The third-order valence-corrected chi connectivity index (χ3v) is 1.12. The number of hydrogen-bond donors (Lipinski definition) is 0. The number of benzene rings is 1. The summed E-state index contributed by atoms with van der Waals surface area (Å²) < 4.78 is 0. The highest BCUT2D eigenvalue weighted by atomic mass is 35.5. The molecule has 0 N–H and O–H groups in total. The number of hydrogen-bond acceptors (Lipinski definition) is 1. The van der Waals surface area contributed by atoms with Crippen molar-refractivity contribution in [1.82, 2.24) is 0 Å². The van der Waals surface area contributed by atoms with Crippen LogP contribution in [-0.4, -0.2) is 5.24 Å². The molecule has 0 heterocycles. The molecule has 0 bridgehead atoms. The minimum absolute atomic E-state index is 0.416. The first kappa shape index (κ1) is 6.30. The van der Waals surface area contributed by atoms with Gasteiger partial charge in [0.2, 0.25) is 0 Å². The first-order chi connectivity index (χ1) is 4.30. The van der Waals surface area contributed by atoms with Crippen LogP contribution in [0.2, 0.25) is 0 Å². The molecule has 0 spiro atoms. The van der Waals surface area contributed by atoms with E-state index in [1.807, 2.05) is 0 Å². The summed E-state index contributed by atoms with van der Waals surface area (Å²) in [5.74, 6) is 0. The van der Waals surface area contributed by atoms with E-state index in [4.69, 9.17) is 11.6 Å². The van der Waals surface area contributed by atoms with Crippen molar-refractivity contribution in [2.45, 2.75) is 0 Å². The Kier molecular flexibility index (Phi) is 1.85. The van der Waals surface area contributed by atoms with Crippen molar-refractivity contribution in [2.75, 3.05) is 0 Å². The van der Waals surface area contributed by atoms with Gasteiger partial charge in [-0.15, -0.1) is 0 Å². The van der Waals surface area contributed by atoms with E-state index >= 15 is 0 Å². The Labute approximate surface area is 58.3 Å². The summed E-state index contributed by atoms with van der Waals surface area (Å²) in [4.78, 5) is 10.4. The average Bonchev–Trinajstić information content (AvgIpc) is 1.90. The molecule has 0 saturated carbocycles. The highest BCUT2D eigenvalue weighted by Gasteiger charge is 1.96. The molecule has 1 nitrogen and oxygen atoms in total. The van der Waals surface area contributed by atoms with Crippen LogP contribution in [0.3, 0.4) is 0 Å². The first-order valence-corrected chi connectivity index (χ1v) is 2.85.